The highest BCUT2D eigenvalue weighted by Crippen LogP contribution is 2.28. The monoisotopic (exact) mass is 438 g/mol. The molecule has 1 atom stereocenters. The standard InChI is InChI=1S/C18H19BrN2O4S/c19-13-8-10-14(11-9-13)26(24,25)21-12-4-3-6-16(21)18(23)20-15-5-1-2-7-17(15)22/h1-2,5,7-11,16,22H,3-4,6,12H2,(H,20,23). The highest BCUT2D eigenvalue weighted by Gasteiger charge is 2.37. The average molecular weight is 439 g/mol. The minimum atomic E-state index is -3.79. The molecule has 26 heavy (non-hydrogen) atoms. The van der Waals surface area contributed by atoms with E-state index in [-0.39, 0.29) is 22.9 Å². The van der Waals surface area contributed by atoms with Gasteiger partial charge >= 0.3 is 0 Å². The van der Waals surface area contributed by atoms with Gasteiger partial charge in [-0.1, -0.05) is 34.5 Å². The van der Waals surface area contributed by atoms with Gasteiger partial charge in [0.05, 0.1) is 10.6 Å². The van der Waals surface area contributed by atoms with Crippen LogP contribution in [0, 0.1) is 0 Å². The Kier molecular flexibility index (Phi) is 5.64. The lowest BCUT2D eigenvalue weighted by molar-refractivity contribution is -0.120. The summed E-state index contributed by atoms with van der Waals surface area (Å²) in [5.41, 5.74) is 0.268. The Morgan fingerprint density at radius 3 is 2.50 bits per heavy atom. The predicted octanol–water partition coefficient (Wildman–Crippen LogP) is 3.34. The molecule has 0 radical (unpaired) electrons. The van der Waals surface area contributed by atoms with Crippen LogP contribution in [0.25, 0.3) is 0 Å². The summed E-state index contributed by atoms with van der Waals surface area (Å²) in [5.74, 6) is -0.495. The van der Waals surface area contributed by atoms with Gasteiger partial charge in [-0.2, -0.15) is 4.31 Å². The molecular weight excluding hydrogens is 420 g/mol. The zero-order chi connectivity index (χ0) is 18.7. The molecule has 1 heterocycles. The first-order valence-electron chi connectivity index (χ1n) is 8.26. The van der Waals surface area contributed by atoms with Crippen molar-refractivity contribution in [3.63, 3.8) is 0 Å². The lowest BCUT2D eigenvalue weighted by Crippen LogP contribution is -2.49. The largest absolute Gasteiger partial charge is 0.506 e. The van der Waals surface area contributed by atoms with Crippen LogP contribution < -0.4 is 5.32 Å². The van der Waals surface area contributed by atoms with Gasteiger partial charge in [0.2, 0.25) is 15.9 Å². The van der Waals surface area contributed by atoms with Crippen LogP contribution in [0.1, 0.15) is 19.3 Å². The van der Waals surface area contributed by atoms with E-state index in [0.717, 1.165) is 10.9 Å². The van der Waals surface area contributed by atoms with Crippen molar-refractivity contribution in [3.8, 4) is 5.75 Å². The summed E-state index contributed by atoms with van der Waals surface area (Å²) in [5, 5.41) is 12.5. The van der Waals surface area contributed by atoms with E-state index in [2.05, 4.69) is 21.2 Å². The summed E-state index contributed by atoms with van der Waals surface area (Å²) in [6.07, 6.45) is 1.91. The van der Waals surface area contributed by atoms with Gasteiger partial charge in [0, 0.05) is 11.0 Å². The number of anilines is 1. The van der Waals surface area contributed by atoms with E-state index in [1.165, 1.54) is 22.5 Å². The molecule has 0 saturated carbocycles. The second-order valence-electron chi connectivity index (χ2n) is 6.09. The number of carbonyl (C=O) groups is 1. The van der Waals surface area contributed by atoms with Crippen molar-refractivity contribution in [2.75, 3.05) is 11.9 Å². The Labute approximate surface area is 161 Å². The molecule has 2 aromatic carbocycles. The maximum absolute atomic E-state index is 13.0. The van der Waals surface area contributed by atoms with Gasteiger partial charge < -0.3 is 10.4 Å². The number of hydrogen-bond acceptors (Lipinski definition) is 4. The summed E-state index contributed by atoms with van der Waals surface area (Å²) in [6.45, 7) is 0.289. The van der Waals surface area contributed by atoms with Crippen molar-refractivity contribution < 1.29 is 18.3 Å². The second kappa shape index (κ2) is 7.77. The van der Waals surface area contributed by atoms with E-state index in [4.69, 9.17) is 0 Å². The molecule has 0 aromatic heterocycles. The van der Waals surface area contributed by atoms with Crippen LogP contribution in [0.15, 0.2) is 57.9 Å². The third-order valence-corrected chi connectivity index (χ3v) is 6.79. The molecule has 1 saturated heterocycles. The van der Waals surface area contributed by atoms with Crippen LogP contribution in [0.5, 0.6) is 5.75 Å². The molecule has 1 amide bonds. The fraction of sp³-hybridized carbons (Fsp3) is 0.278. The van der Waals surface area contributed by atoms with E-state index in [9.17, 15) is 18.3 Å². The number of aromatic hydroxyl groups is 1. The molecule has 2 N–H and O–H groups in total. The van der Waals surface area contributed by atoms with Crippen LogP contribution in [0.3, 0.4) is 0 Å². The smallest absolute Gasteiger partial charge is 0.243 e. The van der Waals surface area contributed by atoms with E-state index in [0.29, 0.717) is 12.8 Å². The van der Waals surface area contributed by atoms with Gasteiger partial charge in [0.15, 0.2) is 0 Å². The Balaban J connectivity index is 1.86. The molecule has 0 spiro atoms. The lowest BCUT2D eigenvalue weighted by Gasteiger charge is -2.33. The number of para-hydroxylation sites is 2. The first-order valence-corrected chi connectivity index (χ1v) is 10.5. The Bertz CT molecular complexity index is 900. The highest BCUT2D eigenvalue weighted by atomic mass is 79.9. The lowest BCUT2D eigenvalue weighted by atomic mass is 10.0. The predicted molar refractivity (Wildman–Crippen MR) is 102 cm³/mol. The SMILES string of the molecule is O=C(Nc1ccccc1O)C1CCCCN1S(=O)(=O)c1ccc(Br)cc1. The third-order valence-electron chi connectivity index (χ3n) is 4.34. The Morgan fingerprint density at radius 1 is 1.12 bits per heavy atom. The number of carbonyl (C=O) groups excluding carboxylic acids is 1. The van der Waals surface area contributed by atoms with Crippen LogP contribution in [0.2, 0.25) is 0 Å². The van der Waals surface area contributed by atoms with Crippen LogP contribution in [-0.4, -0.2) is 36.3 Å². The van der Waals surface area contributed by atoms with E-state index >= 15 is 0 Å². The van der Waals surface area contributed by atoms with Gasteiger partial charge in [-0.25, -0.2) is 8.42 Å². The van der Waals surface area contributed by atoms with Gasteiger partial charge in [-0.05, 0) is 49.2 Å². The molecule has 3 rings (SSSR count). The number of piperidine rings is 1. The number of phenols is 1. The number of benzene rings is 2. The summed E-state index contributed by atoms with van der Waals surface area (Å²) in [7, 11) is -3.79. The molecule has 0 bridgehead atoms. The summed E-state index contributed by atoms with van der Waals surface area (Å²) < 4.78 is 28.1. The molecule has 1 aliphatic rings. The molecule has 138 valence electrons. The van der Waals surface area contributed by atoms with Crippen molar-refractivity contribution >= 4 is 37.5 Å². The van der Waals surface area contributed by atoms with Gasteiger partial charge in [0.1, 0.15) is 11.8 Å². The molecule has 1 unspecified atom stereocenters. The van der Waals surface area contributed by atoms with Gasteiger partial charge in [-0.15, -0.1) is 0 Å². The average Bonchev–Trinajstić information content (AvgIpc) is 2.64. The number of amides is 1. The van der Waals surface area contributed by atoms with E-state index in [1.807, 2.05) is 0 Å². The number of rotatable bonds is 4. The van der Waals surface area contributed by atoms with Gasteiger partial charge in [-0.3, -0.25) is 4.79 Å². The molecule has 0 aliphatic carbocycles. The first-order chi connectivity index (χ1) is 12.4. The normalized spacial score (nSPS) is 18.4. The molecule has 2 aromatic rings. The maximum atomic E-state index is 13.0. The van der Waals surface area contributed by atoms with Crippen molar-refractivity contribution in [1.29, 1.82) is 0 Å². The minimum Gasteiger partial charge on any atom is -0.506 e. The highest BCUT2D eigenvalue weighted by molar-refractivity contribution is 9.10. The molecule has 1 fully saturated rings. The number of phenolic OH excluding ortho intramolecular Hbond substituents is 1. The fourth-order valence-corrected chi connectivity index (χ4v) is 4.91. The number of nitrogens with one attached hydrogen (secondary N) is 1. The quantitative estimate of drug-likeness (QED) is 0.716. The third kappa shape index (κ3) is 3.92. The molecule has 1 aliphatic heterocycles. The topological polar surface area (TPSA) is 86.7 Å². The minimum absolute atomic E-state index is 0.0565. The summed E-state index contributed by atoms with van der Waals surface area (Å²) in [4.78, 5) is 12.9. The number of sulfonamides is 1. The van der Waals surface area contributed by atoms with Gasteiger partial charge in [0.25, 0.3) is 0 Å². The van der Waals surface area contributed by atoms with Crippen LogP contribution >= 0.6 is 15.9 Å². The molecule has 8 heteroatoms. The second-order valence-corrected chi connectivity index (χ2v) is 8.89. The molecule has 6 nitrogen and oxygen atoms in total. The number of hydrogen-bond donors (Lipinski definition) is 2. The van der Waals surface area contributed by atoms with Crippen LogP contribution in [0.4, 0.5) is 5.69 Å². The van der Waals surface area contributed by atoms with Crippen LogP contribution in [-0.2, 0) is 14.8 Å². The van der Waals surface area contributed by atoms with Crippen molar-refractivity contribution in [2.24, 2.45) is 0 Å². The summed E-state index contributed by atoms with van der Waals surface area (Å²) >= 11 is 3.29. The number of nitrogens with zero attached hydrogens (tertiary/aromatic N) is 1. The molecular formula is C18H19BrN2O4S. The first kappa shape index (κ1) is 18.9. The summed E-state index contributed by atoms with van der Waals surface area (Å²) in [6, 6.07) is 11.9. The Morgan fingerprint density at radius 2 is 1.81 bits per heavy atom. The van der Waals surface area contributed by atoms with Crippen molar-refractivity contribution in [1.82, 2.24) is 4.31 Å². The van der Waals surface area contributed by atoms with Crippen molar-refractivity contribution in [3.05, 3.63) is 53.0 Å². The van der Waals surface area contributed by atoms with Crippen molar-refractivity contribution in [2.45, 2.75) is 30.2 Å². The zero-order valence-corrected chi connectivity index (χ0v) is 16.3. The Hall–Kier alpha value is -1.90. The zero-order valence-electron chi connectivity index (χ0n) is 13.9. The van der Waals surface area contributed by atoms with E-state index < -0.39 is 22.0 Å². The fourth-order valence-electron chi connectivity index (χ4n) is 2.99. The maximum Gasteiger partial charge on any atom is 0.243 e. The number of halogens is 1. The van der Waals surface area contributed by atoms with E-state index in [1.54, 1.807) is 30.3 Å².